The fraction of sp³-hybridized carbons (Fsp3) is 0.793. The van der Waals surface area contributed by atoms with E-state index in [0.29, 0.717) is 51.7 Å². The molecule has 0 radical (unpaired) electrons. The largest absolute Gasteiger partial charge is 0.340 e. The molecular formula is C29H47N5O6S. The van der Waals surface area contributed by atoms with E-state index in [2.05, 4.69) is 29.2 Å². The number of carbonyl (C=O) groups is 4. The maximum atomic E-state index is 13.9. The first-order valence-electron chi connectivity index (χ1n) is 15.1. The molecule has 0 aromatic heterocycles. The topological polar surface area (TPSA) is 145 Å². The molecule has 4 rings (SSSR count). The van der Waals surface area contributed by atoms with E-state index >= 15 is 0 Å². The molecule has 12 heteroatoms. The summed E-state index contributed by atoms with van der Waals surface area (Å²) >= 11 is 0. The van der Waals surface area contributed by atoms with Crippen molar-refractivity contribution in [3.63, 3.8) is 0 Å². The second-order valence-corrected chi connectivity index (χ2v) is 15.2. The van der Waals surface area contributed by atoms with Crippen LogP contribution >= 0.6 is 0 Å². The van der Waals surface area contributed by atoms with E-state index in [4.69, 9.17) is 0 Å². The number of amides is 5. The van der Waals surface area contributed by atoms with E-state index in [1.165, 1.54) is 11.8 Å². The molecule has 11 nitrogen and oxygen atoms in total. The Labute approximate surface area is 244 Å². The number of fused-ring (bicyclic) bond motifs is 1. The smallest absolute Gasteiger partial charge is 0.318 e. The molecule has 0 aromatic carbocycles. The van der Waals surface area contributed by atoms with Gasteiger partial charge in [-0.1, -0.05) is 45.8 Å². The van der Waals surface area contributed by atoms with Crippen molar-refractivity contribution in [2.45, 2.75) is 115 Å². The Kier molecular flexibility index (Phi) is 9.40. The minimum absolute atomic E-state index is 0.0306. The third-order valence-corrected chi connectivity index (χ3v) is 11.0. The lowest BCUT2D eigenvalue weighted by Gasteiger charge is -2.36. The molecule has 0 spiro atoms. The van der Waals surface area contributed by atoms with E-state index in [0.717, 1.165) is 32.1 Å². The Balaban J connectivity index is 1.55. The molecule has 3 fully saturated rings. The van der Waals surface area contributed by atoms with Gasteiger partial charge in [0.05, 0.1) is 5.25 Å². The van der Waals surface area contributed by atoms with Gasteiger partial charge in [-0.3, -0.25) is 19.1 Å². The van der Waals surface area contributed by atoms with Crippen molar-refractivity contribution in [2.75, 3.05) is 19.6 Å². The second-order valence-electron chi connectivity index (χ2n) is 13.2. The molecule has 3 aliphatic heterocycles. The molecule has 41 heavy (non-hydrogen) atoms. The Hall–Kier alpha value is -2.63. The predicted molar refractivity (Wildman–Crippen MR) is 155 cm³/mol. The highest BCUT2D eigenvalue weighted by atomic mass is 32.2. The number of likely N-dealkylation sites (tertiary alicyclic amines) is 1. The van der Waals surface area contributed by atoms with Gasteiger partial charge in [-0.2, -0.15) is 0 Å². The van der Waals surface area contributed by atoms with Crippen molar-refractivity contribution in [3.8, 4) is 0 Å². The molecule has 3 N–H and O–H groups in total. The molecule has 4 aliphatic rings. The molecule has 3 heterocycles. The summed E-state index contributed by atoms with van der Waals surface area (Å²) < 4.78 is 27.4. The number of urea groups is 1. The van der Waals surface area contributed by atoms with Crippen LogP contribution in [0.3, 0.4) is 0 Å². The fourth-order valence-electron chi connectivity index (χ4n) is 5.98. The van der Waals surface area contributed by atoms with Gasteiger partial charge in [0, 0.05) is 25.6 Å². The van der Waals surface area contributed by atoms with Crippen molar-refractivity contribution in [3.05, 3.63) is 12.2 Å². The molecule has 1 saturated carbocycles. The monoisotopic (exact) mass is 593 g/mol. The van der Waals surface area contributed by atoms with Crippen molar-refractivity contribution in [1.29, 1.82) is 0 Å². The molecular weight excluding hydrogens is 546 g/mol. The summed E-state index contributed by atoms with van der Waals surface area (Å²) in [4.78, 5) is 57.4. The van der Waals surface area contributed by atoms with Crippen molar-refractivity contribution >= 4 is 33.8 Å². The maximum absolute atomic E-state index is 13.9. The van der Waals surface area contributed by atoms with E-state index < -0.39 is 50.6 Å². The number of allylic oxidation sites excluding steroid dienone is 1. The number of rotatable bonds is 4. The Morgan fingerprint density at radius 3 is 2.39 bits per heavy atom. The highest BCUT2D eigenvalue weighted by Gasteiger charge is 2.47. The molecule has 0 bridgehead atoms. The maximum Gasteiger partial charge on any atom is 0.318 e. The lowest BCUT2D eigenvalue weighted by atomic mass is 9.85. The van der Waals surface area contributed by atoms with Crippen molar-refractivity contribution < 1.29 is 27.6 Å². The molecule has 5 amide bonds. The SMILES string of the molecule is C[C@H]1/C=C\CCCCC[C@H](NC(=O)N2CCC(C)(C)C2)C(=O)N2CCC[C@H]2C(=O)NC1(C)C(=O)NS(=O)(=O)C1CC1. The van der Waals surface area contributed by atoms with Gasteiger partial charge in [-0.25, -0.2) is 13.2 Å². The number of sulfonamides is 1. The highest BCUT2D eigenvalue weighted by molar-refractivity contribution is 7.90. The first kappa shape index (κ1) is 31.3. The van der Waals surface area contributed by atoms with Crippen LogP contribution in [0.25, 0.3) is 0 Å². The minimum atomic E-state index is -3.82. The van der Waals surface area contributed by atoms with E-state index in [1.807, 2.05) is 12.2 Å². The molecule has 1 unspecified atom stereocenters. The molecule has 4 atom stereocenters. The third-order valence-electron chi connectivity index (χ3n) is 9.15. The summed E-state index contributed by atoms with van der Waals surface area (Å²) in [7, 11) is -3.82. The predicted octanol–water partition coefficient (Wildman–Crippen LogP) is 2.43. The average molecular weight is 594 g/mol. The van der Waals surface area contributed by atoms with E-state index in [9.17, 15) is 27.6 Å². The summed E-state index contributed by atoms with van der Waals surface area (Å²) in [6.45, 7) is 9.18. The number of nitrogens with zero attached hydrogens (tertiary/aromatic N) is 2. The van der Waals surface area contributed by atoms with E-state index in [1.54, 1.807) is 11.8 Å². The second kappa shape index (κ2) is 12.3. The Morgan fingerprint density at radius 1 is 1.00 bits per heavy atom. The van der Waals surface area contributed by atoms with Gasteiger partial charge in [-0.05, 0) is 63.7 Å². The van der Waals surface area contributed by atoms with Crippen LogP contribution < -0.4 is 15.4 Å². The van der Waals surface area contributed by atoms with Gasteiger partial charge in [-0.15, -0.1) is 0 Å². The number of hydrogen-bond acceptors (Lipinski definition) is 6. The van der Waals surface area contributed by atoms with Crippen molar-refractivity contribution in [1.82, 2.24) is 25.2 Å². The number of nitrogens with one attached hydrogen (secondary N) is 3. The van der Waals surface area contributed by atoms with Gasteiger partial charge in [0.25, 0.3) is 5.91 Å². The highest BCUT2D eigenvalue weighted by Crippen LogP contribution is 2.30. The standard InChI is InChI=1S/C29H47N5O6S/c1-20-11-8-6-5-7-9-12-22(30-27(38)33-18-16-28(2,3)19-33)25(36)34-17-10-13-23(34)24(35)31-29(20,4)26(37)32-41(39,40)21-14-15-21/h8,11,20-23H,5-7,9-10,12-19H2,1-4H3,(H,30,38)(H,31,35)(H,32,37)/b11-8-/t20-,22-,23-,29?/m0/s1. The number of hydrogen-bond donors (Lipinski definition) is 3. The molecule has 1 aliphatic carbocycles. The Bertz CT molecular complexity index is 1170. The summed E-state index contributed by atoms with van der Waals surface area (Å²) in [5.74, 6) is -2.08. The zero-order valence-electron chi connectivity index (χ0n) is 24.9. The lowest BCUT2D eigenvalue weighted by molar-refractivity contribution is -0.142. The molecule has 2 saturated heterocycles. The van der Waals surface area contributed by atoms with Crippen LogP contribution in [0.15, 0.2) is 12.2 Å². The van der Waals surface area contributed by atoms with Crippen LogP contribution in [0.4, 0.5) is 4.79 Å². The van der Waals surface area contributed by atoms with Gasteiger partial charge in [0.2, 0.25) is 21.8 Å². The zero-order valence-corrected chi connectivity index (χ0v) is 25.7. The van der Waals surface area contributed by atoms with Gasteiger partial charge < -0.3 is 20.4 Å². The molecule has 230 valence electrons. The van der Waals surface area contributed by atoms with Gasteiger partial charge in [0.15, 0.2) is 0 Å². The fourth-order valence-corrected chi connectivity index (χ4v) is 7.37. The first-order chi connectivity index (χ1) is 19.2. The van der Waals surface area contributed by atoms with Crippen LogP contribution in [0.1, 0.15) is 91.9 Å². The summed E-state index contributed by atoms with van der Waals surface area (Å²) in [5.41, 5.74) is -1.52. The number of carbonyl (C=O) groups excluding carboxylic acids is 4. The summed E-state index contributed by atoms with van der Waals surface area (Å²) in [5, 5.41) is 5.23. The normalized spacial score (nSPS) is 32.3. The van der Waals surface area contributed by atoms with Crippen LogP contribution in [0, 0.1) is 11.3 Å². The van der Waals surface area contributed by atoms with Gasteiger partial charge in [0.1, 0.15) is 17.6 Å². The lowest BCUT2D eigenvalue weighted by Crippen LogP contribution is -2.64. The molecule has 0 aromatic rings. The van der Waals surface area contributed by atoms with Crippen molar-refractivity contribution in [2.24, 2.45) is 11.3 Å². The first-order valence-corrected chi connectivity index (χ1v) is 16.7. The van der Waals surface area contributed by atoms with Gasteiger partial charge >= 0.3 is 6.03 Å². The quantitative estimate of drug-likeness (QED) is 0.427. The van der Waals surface area contributed by atoms with Crippen LogP contribution in [-0.4, -0.2) is 84.5 Å². The third kappa shape index (κ3) is 7.42. The minimum Gasteiger partial charge on any atom is -0.340 e. The zero-order chi connectivity index (χ0) is 30.0. The average Bonchev–Trinajstić information content (AvgIpc) is 3.55. The Morgan fingerprint density at radius 2 is 1.73 bits per heavy atom. The van der Waals surface area contributed by atoms with Crippen LogP contribution in [0.5, 0.6) is 0 Å². The van der Waals surface area contributed by atoms with Crippen LogP contribution in [-0.2, 0) is 24.4 Å². The summed E-state index contributed by atoms with van der Waals surface area (Å²) in [6, 6.07) is -1.83. The van der Waals surface area contributed by atoms with Crippen LogP contribution in [0.2, 0.25) is 0 Å². The van der Waals surface area contributed by atoms with E-state index in [-0.39, 0.29) is 17.4 Å². The summed E-state index contributed by atoms with van der Waals surface area (Å²) in [6.07, 6.45) is 10.4.